The normalized spacial score (nSPS) is 15.2. The second-order valence-corrected chi connectivity index (χ2v) is 8.31. The Labute approximate surface area is 171 Å². The fourth-order valence-corrected chi connectivity index (χ4v) is 4.44. The number of halogens is 2. The fraction of sp³-hybridized carbons (Fsp3) is 0.333. The van der Waals surface area contributed by atoms with E-state index in [1.807, 2.05) is 30.8 Å². The van der Waals surface area contributed by atoms with Gasteiger partial charge in [-0.1, -0.05) is 12.1 Å². The Kier molecular flexibility index (Phi) is 5.82. The van der Waals surface area contributed by atoms with Crippen molar-refractivity contribution in [1.82, 2.24) is 14.9 Å². The lowest BCUT2D eigenvalue weighted by atomic mass is 10.1. The lowest BCUT2D eigenvalue weighted by molar-refractivity contribution is 0.102. The molecule has 1 amide bonds. The average molecular weight is 416 g/mol. The van der Waals surface area contributed by atoms with E-state index in [1.54, 1.807) is 18.2 Å². The van der Waals surface area contributed by atoms with Crippen LogP contribution in [0, 0.1) is 6.92 Å². The minimum absolute atomic E-state index is 0.283. The van der Waals surface area contributed by atoms with Gasteiger partial charge >= 0.3 is 0 Å². The number of nitrogens with one attached hydrogen (secondary N) is 2. The molecule has 1 saturated heterocycles. The first-order valence-corrected chi connectivity index (χ1v) is 10.6. The van der Waals surface area contributed by atoms with Gasteiger partial charge in [-0.3, -0.25) is 9.69 Å². The second-order valence-electron chi connectivity index (χ2n) is 7.09. The first-order valence-electron chi connectivity index (χ1n) is 9.49. The second kappa shape index (κ2) is 8.51. The molecule has 5 nitrogen and oxygen atoms in total. The van der Waals surface area contributed by atoms with Gasteiger partial charge in [-0.15, -0.1) is 0 Å². The van der Waals surface area contributed by atoms with Crippen molar-refractivity contribution >= 4 is 34.4 Å². The van der Waals surface area contributed by atoms with Crippen molar-refractivity contribution in [3.05, 3.63) is 58.9 Å². The summed E-state index contributed by atoms with van der Waals surface area (Å²) in [6.45, 7) is 5.03. The van der Waals surface area contributed by atoms with Crippen LogP contribution in [0.5, 0.6) is 0 Å². The third-order valence-electron chi connectivity index (χ3n) is 5.16. The maximum atomic E-state index is 12.8. The van der Waals surface area contributed by atoms with E-state index < -0.39 is 12.2 Å². The van der Waals surface area contributed by atoms with E-state index in [-0.39, 0.29) is 5.91 Å². The number of alkyl halides is 2. The Morgan fingerprint density at radius 3 is 2.83 bits per heavy atom. The number of carbonyl (C=O) groups is 1. The summed E-state index contributed by atoms with van der Waals surface area (Å²) < 4.78 is 25.6. The highest BCUT2D eigenvalue weighted by atomic mass is 32.2. The van der Waals surface area contributed by atoms with Gasteiger partial charge in [0.1, 0.15) is 0 Å². The lowest BCUT2D eigenvalue weighted by Gasteiger charge is -2.27. The van der Waals surface area contributed by atoms with Gasteiger partial charge in [0.05, 0.1) is 11.0 Å². The smallest absolute Gasteiger partial charge is 0.295 e. The molecule has 0 aliphatic carbocycles. The molecule has 29 heavy (non-hydrogen) atoms. The van der Waals surface area contributed by atoms with E-state index in [9.17, 15) is 13.6 Å². The maximum Gasteiger partial charge on any atom is 0.295 e. The molecule has 152 valence electrons. The Morgan fingerprint density at radius 2 is 2.07 bits per heavy atom. The van der Waals surface area contributed by atoms with Crippen molar-refractivity contribution in [2.24, 2.45) is 0 Å². The van der Waals surface area contributed by atoms with Crippen LogP contribution in [0.4, 0.5) is 14.5 Å². The number of anilines is 1. The van der Waals surface area contributed by atoms with Crippen molar-refractivity contribution in [3.8, 4) is 0 Å². The molecule has 1 fully saturated rings. The number of nitrogens with zero attached hydrogens (tertiary/aromatic N) is 2. The molecule has 1 aromatic heterocycles. The molecule has 8 heteroatoms. The van der Waals surface area contributed by atoms with Gasteiger partial charge in [0, 0.05) is 42.4 Å². The molecule has 0 spiro atoms. The predicted octanol–water partition coefficient (Wildman–Crippen LogP) is 4.61. The van der Waals surface area contributed by atoms with E-state index in [0.717, 1.165) is 42.4 Å². The minimum atomic E-state index is -2.68. The molecule has 3 aromatic rings. The van der Waals surface area contributed by atoms with Gasteiger partial charge < -0.3 is 10.3 Å². The van der Waals surface area contributed by atoms with Crippen molar-refractivity contribution in [3.63, 3.8) is 0 Å². The number of rotatable bonds is 5. The van der Waals surface area contributed by atoms with Gasteiger partial charge in [-0.05, 0) is 42.3 Å². The summed E-state index contributed by atoms with van der Waals surface area (Å²) in [5, 5.41) is 2.95. The van der Waals surface area contributed by atoms with Crippen LogP contribution in [0.3, 0.4) is 0 Å². The highest BCUT2D eigenvalue weighted by Gasteiger charge is 2.16. The Hall–Kier alpha value is -2.45. The summed E-state index contributed by atoms with van der Waals surface area (Å²) in [5.41, 5.74) is 4.22. The molecule has 1 aliphatic rings. The zero-order valence-electron chi connectivity index (χ0n) is 16.0. The number of amides is 1. The van der Waals surface area contributed by atoms with Gasteiger partial charge in [0.2, 0.25) is 0 Å². The van der Waals surface area contributed by atoms with Crippen molar-refractivity contribution < 1.29 is 13.6 Å². The van der Waals surface area contributed by atoms with Crippen molar-refractivity contribution in [1.29, 1.82) is 0 Å². The van der Waals surface area contributed by atoms with Gasteiger partial charge in [-0.25, -0.2) is 13.8 Å². The fourth-order valence-electron chi connectivity index (χ4n) is 3.46. The van der Waals surface area contributed by atoms with E-state index in [2.05, 4.69) is 26.3 Å². The number of fused-ring (bicyclic) bond motifs is 1. The molecule has 0 radical (unpaired) electrons. The van der Waals surface area contributed by atoms with Crippen molar-refractivity contribution in [2.45, 2.75) is 19.9 Å². The van der Waals surface area contributed by atoms with Crippen molar-refractivity contribution in [2.75, 3.05) is 29.9 Å². The van der Waals surface area contributed by atoms with E-state index in [1.165, 1.54) is 5.56 Å². The van der Waals surface area contributed by atoms with E-state index >= 15 is 0 Å². The number of hydrogen-bond donors (Lipinski definition) is 2. The summed E-state index contributed by atoms with van der Waals surface area (Å²) in [6.07, 6.45) is -2.68. The van der Waals surface area contributed by atoms with Gasteiger partial charge in [0.15, 0.2) is 5.82 Å². The summed E-state index contributed by atoms with van der Waals surface area (Å²) >= 11 is 1.98. The Bertz CT molecular complexity index is 1030. The Morgan fingerprint density at radius 1 is 1.28 bits per heavy atom. The molecular weight excluding hydrogens is 394 g/mol. The maximum absolute atomic E-state index is 12.8. The van der Waals surface area contributed by atoms with Gasteiger partial charge in [0.25, 0.3) is 12.3 Å². The number of thioether (sulfide) groups is 1. The minimum Gasteiger partial charge on any atom is -0.337 e. The van der Waals surface area contributed by atoms with E-state index in [0.29, 0.717) is 16.6 Å². The van der Waals surface area contributed by atoms with E-state index in [4.69, 9.17) is 0 Å². The summed E-state index contributed by atoms with van der Waals surface area (Å²) in [6, 6.07) is 10.6. The van der Waals surface area contributed by atoms with Crippen LogP contribution in [0.15, 0.2) is 36.4 Å². The number of H-pyrrole nitrogens is 1. The van der Waals surface area contributed by atoms with Crippen LogP contribution < -0.4 is 5.32 Å². The quantitative estimate of drug-likeness (QED) is 0.638. The molecule has 2 N–H and O–H groups in total. The predicted molar refractivity (Wildman–Crippen MR) is 113 cm³/mol. The summed E-state index contributed by atoms with van der Waals surface area (Å²) in [7, 11) is 0. The molecule has 2 aromatic carbocycles. The largest absolute Gasteiger partial charge is 0.337 e. The zero-order valence-corrected chi connectivity index (χ0v) is 16.9. The third-order valence-corrected chi connectivity index (χ3v) is 6.10. The van der Waals surface area contributed by atoms with Crippen LogP contribution in [-0.4, -0.2) is 45.4 Å². The SMILES string of the molecule is Cc1c(CN2CCSCC2)cccc1NC(=O)c1ccc2nc(C(F)F)[nH]c2c1. The molecule has 0 bridgehead atoms. The number of carbonyl (C=O) groups excluding carboxylic acids is 1. The zero-order chi connectivity index (χ0) is 20.4. The first kappa shape index (κ1) is 19.8. The number of aromatic nitrogens is 2. The monoisotopic (exact) mass is 416 g/mol. The number of imidazole rings is 1. The highest BCUT2D eigenvalue weighted by molar-refractivity contribution is 7.99. The molecule has 1 aliphatic heterocycles. The number of benzene rings is 2. The molecule has 2 heterocycles. The Balaban J connectivity index is 1.52. The van der Waals surface area contributed by atoms with Crippen LogP contribution in [0.1, 0.15) is 33.7 Å². The standard InChI is InChI=1S/C21H22F2N4OS/c1-13-15(12-27-7-9-29-10-8-27)3-2-4-16(13)26-21(28)14-5-6-17-18(11-14)25-20(24-17)19(22)23/h2-6,11,19H,7-10,12H2,1H3,(H,24,25)(H,26,28). The summed E-state index contributed by atoms with van der Waals surface area (Å²) in [4.78, 5) is 21.6. The number of hydrogen-bond acceptors (Lipinski definition) is 4. The lowest BCUT2D eigenvalue weighted by Crippen LogP contribution is -2.32. The molecule has 4 rings (SSSR count). The van der Waals surface area contributed by atoms with Gasteiger partial charge in [-0.2, -0.15) is 11.8 Å². The van der Waals surface area contributed by atoms with Crippen LogP contribution in [0.2, 0.25) is 0 Å². The molecule has 0 atom stereocenters. The highest BCUT2D eigenvalue weighted by Crippen LogP contribution is 2.24. The third kappa shape index (κ3) is 4.43. The number of aromatic amines is 1. The van der Waals surface area contributed by atoms with Crippen LogP contribution in [-0.2, 0) is 6.54 Å². The first-order chi connectivity index (χ1) is 14.0. The van der Waals surface area contributed by atoms with Crippen LogP contribution in [0.25, 0.3) is 11.0 Å². The topological polar surface area (TPSA) is 61.0 Å². The molecular formula is C21H22F2N4OS. The van der Waals surface area contributed by atoms with Crippen LogP contribution >= 0.6 is 11.8 Å². The molecule has 0 unspecified atom stereocenters. The molecule has 0 saturated carbocycles. The average Bonchev–Trinajstić information content (AvgIpc) is 3.15. The summed E-state index contributed by atoms with van der Waals surface area (Å²) in [5.74, 6) is 1.63.